The van der Waals surface area contributed by atoms with Gasteiger partial charge in [0.2, 0.25) is 0 Å². The summed E-state index contributed by atoms with van der Waals surface area (Å²) in [7, 11) is 0. The van der Waals surface area contributed by atoms with Crippen molar-refractivity contribution >= 4 is 0 Å². The number of hydrogen-bond acceptors (Lipinski definition) is 1. The van der Waals surface area contributed by atoms with E-state index < -0.39 is 0 Å². The topological polar surface area (TPSA) is 12.0 Å². The Hall–Kier alpha value is -0.820. The van der Waals surface area contributed by atoms with E-state index in [1.165, 1.54) is 36.0 Å². The lowest BCUT2D eigenvalue weighted by Crippen LogP contribution is -2.40. The SMILES string of the molecule is Cc1ccc(C)c(C(C)NC2CC(C)CCC2C)c1. The van der Waals surface area contributed by atoms with Crippen molar-refractivity contribution in [1.29, 1.82) is 0 Å². The Labute approximate surface area is 118 Å². The molecule has 0 aliphatic heterocycles. The van der Waals surface area contributed by atoms with Gasteiger partial charge in [-0.1, -0.05) is 44.0 Å². The first kappa shape index (κ1) is 14.6. The Morgan fingerprint density at radius 2 is 1.89 bits per heavy atom. The Kier molecular flexibility index (Phi) is 4.67. The van der Waals surface area contributed by atoms with Gasteiger partial charge in [0.1, 0.15) is 0 Å². The fourth-order valence-electron chi connectivity index (χ4n) is 3.40. The Morgan fingerprint density at radius 1 is 1.16 bits per heavy atom. The number of benzene rings is 1. The Bertz CT molecular complexity index is 424. The molecule has 4 atom stereocenters. The lowest BCUT2D eigenvalue weighted by Gasteiger charge is -2.35. The molecule has 1 saturated carbocycles. The van der Waals surface area contributed by atoms with Crippen LogP contribution in [0, 0.1) is 25.7 Å². The van der Waals surface area contributed by atoms with Gasteiger partial charge < -0.3 is 5.32 Å². The summed E-state index contributed by atoms with van der Waals surface area (Å²) in [6.07, 6.45) is 4.10. The monoisotopic (exact) mass is 259 g/mol. The Morgan fingerprint density at radius 3 is 2.63 bits per heavy atom. The summed E-state index contributed by atoms with van der Waals surface area (Å²) in [5.41, 5.74) is 4.23. The zero-order valence-electron chi connectivity index (χ0n) is 13.2. The summed E-state index contributed by atoms with van der Waals surface area (Å²) < 4.78 is 0. The van der Waals surface area contributed by atoms with E-state index in [0.717, 1.165) is 11.8 Å². The van der Waals surface area contributed by atoms with Crippen molar-refractivity contribution in [3.63, 3.8) is 0 Å². The van der Waals surface area contributed by atoms with Crippen LogP contribution in [0.3, 0.4) is 0 Å². The molecule has 0 bridgehead atoms. The van der Waals surface area contributed by atoms with Gasteiger partial charge in [-0.2, -0.15) is 0 Å². The number of aryl methyl sites for hydroxylation is 2. The zero-order valence-corrected chi connectivity index (χ0v) is 13.2. The predicted molar refractivity (Wildman–Crippen MR) is 83.4 cm³/mol. The van der Waals surface area contributed by atoms with Crippen molar-refractivity contribution in [3.8, 4) is 0 Å². The van der Waals surface area contributed by atoms with Crippen LogP contribution < -0.4 is 5.32 Å². The highest BCUT2D eigenvalue weighted by Gasteiger charge is 2.26. The summed E-state index contributed by atoms with van der Waals surface area (Å²) in [4.78, 5) is 0. The second-order valence-electron chi connectivity index (χ2n) is 6.75. The molecule has 1 nitrogen and oxygen atoms in total. The molecule has 19 heavy (non-hydrogen) atoms. The van der Waals surface area contributed by atoms with Gasteiger partial charge in [0.15, 0.2) is 0 Å². The first-order valence-corrected chi connectivity index (χ1v) is 7.80. The molecule has 0 aromatic heterocycles. The molecule has 0 heterocycles. The Balaban J connectivity index is 2.07. The zero-order chi connectivity index (χ0) is 14.0. The van der Waals surface area contributed by atoms with E-state index in [4.69, 9.17) is 0 Å². The van der Waals surface area contributed by atoms with Gasteiger partial charge in [-0.05, 0) is 56.6 Å². The van der Waals surface area contributed by atoms with Gasteiger partial charge in [0.25, 0.3) is 0 Å². The van der Waals surface area contributed by atoms with E-state index in [-0.39, 0.29) is 0 Å². The second kappa shape index (κ2) is 6.09. The third-order valence-electron chi connectivity index (χ3n) is 4.82. The van der Waals surface area contributed by atoms with Crippen molar-refractivity contribution in [1.82, 2.24) is 5.32 Å². The molecule has 1 aromatic rings. The number of rotatable bonds is 3. The molecule has 106 valence electrons. The molecule has 1 aliphatic rings. The van der Waals surface area contributed by atoms with Crippen LogP contribution in [-0.2, 0) is 0 Å². The van der Waals surface area contributed by atoms with E-state index in [2.05, 4.69) is 58.1 Å². The highest BCUT2D eigenvalue weighted by Crippen LogP contribution is 2.30. The van der Waals surface area contributed by atoms with E-state index >= 15 is 0 Å². The van der Waals surface area contributed by atoms with Crippen LogP contribution in [0.15, 0.2) is 18.2 Å². The lowest BCUT2D eigenvalue weighted by molar-refractivity contribution is 0.216. The van der Waals surface area contributed by atoms with Gasteiger partial charge in [-0.3, -0.25) is 0 Å². The second-order valence-corrected chi connectivity index (χ2v) is 6.75. The normalized spacial score (nSPS) is 29.2. The standard InChI is InChI=1S/C18H29N/c1-12-6-8-14(3)17(10-12)16(5)19-18-11-13(2)7-9-15(18)4/h6,8,10,13,15-16,18-19H,7,9,11H2,1-5H3. The van der Waals surface area contributed by atoms with Crippen molar-refractivity contribution in [2.24, 2.45) is 11.8 Å². The smallest absolute Gasteiger partial charge is 0.0297 e. The minimum absolute atomic E-state index is 0.456. The maximum Gasteiger partial charge on any atom is 0.0297 e. The average molecular weight is 259 g/mol. The molecular weight excluding hydrogens is 230 g/mol. The molecule has 1 fully saturated rings. The first-order valence-electron chi connectivity index (χ1n) is 7.80. The van der Waals surface area contributed by atoms with Gasteiger partial charge in [0, 0.05) is 12.1 Å². The van der Waals surface area contributed by atoms with Crippen LogP contribution >= 0.6 is 0 Å². The molecule has 1 aromatic carbocycles. The van der Waals surface area contributed by atoms with E-state index in [1.54, 1.807) is 0 Å². The first-order chi connectivity index (χ1) is 8.97. The summed E-state index contributed by atoms with van der Waals surface area (Å²) in [5.74, 6) is 1.68. The molecule has 0 spiro atoms. The van der Waals surface area contributed by atoms with Crippen molar-refractivity contribution in [3.05, 3.63) is 34.9 Å². The van der Waals surface area contributed by atoms with Crippen LogP contribution in [0.4, 0.5) is 0 Å². The van der Waals surface area contributed by atoms with Crippen molar-refractivity contribution in [2.75, 3.05) is 0 Å². The highest BCUT2D eigenvalue weighted by atomic mass is 15.0. The van der Waals surface area contributed by atoms with Gasteiger partial charge in [-0.25, -0.2) is 0 Å². The minimum atomic E-state index is 0.456. The molecule has 1 aliphatic carbocycles. The van der Waals surface area contributed by atoms with E-state index in [0.29, 0.717) is 12.1 Å². The van der Waals surface area contributed by atoms with Crippen molar-refractivity contribution in [2.45, 2.75) is 66.0 Å². The third-order valence-corrected chi connectivity index (χ3v) is 4.82. The largest absolute Gasteiger partial charge is 0.307 e. The maximum absolute atomic E-state index is 3.88. The summed E-state index contributed by atoms with van der Waals surface area (Å²) in [6, 6.07) is 7.92. The molecule has 1 heteroatoms. The molecule has 0 amide bonds. The molecular formula is C18H29N. The summed E-state index contributed by atoms with van der Waals surface area (Å²) in [6.45, 7) is 11.5. The van der Waals surface area contributed by atoms with Gasteiger partial charge in [0.05, 0.1) is 0 Å². The van der Waals surface area contributed by atoms with Crippen LogP contribution in [0.25, 0.3) is 0 Å². The van der Waals surface area contributed by atoms with Gasteiger partial charge >= 0.3 is 0 Å². The summed E-state index contributed by atoms with van der Waals surface area (Å²) in [5, 5.41) is 3.88. The number of hydrogen-bond donors (Lipinski definition) is 1. The number of nitrogens with one attached hydrogen (secondary N) is 1. The van der Waals surface area contributed by atoms with Gasteiger partial charge in [-0.15, -0.1) is 0 Å². The highest BCUT2D eigenvalue weighted by molar-refractivity contribution is 5.32. The van der Waals surface area contributed by atoms with Crippen LogP contribution in [-0.4, -0.2) is 6.04 Å². The average Bonchev–Trinajstić information content (AvgIpc) is 2.36. The minimum Gasteiger partial charge on any atom is -0.307 e. The predicted octanol–water partition coefficient (Wildman–Crippen LogP) is 4.78. The van der Waals surface area contributed by atoms with Crippen LogP contribution in [0.2, 0.25) is 0 Å². The lowest BCUT2D eigenvalue weighted by atomic mass is 9.79. The van der Waals surface area contributed by atoms with Crippen LogP contribution in [0.1, 0.15) is 62.8 Å². The van der Waals surface area contributed by atoms with E-state index in [1.807, 2.05) is 0 Å². The molecule has 0 radical (unpaired) electrons. The molecule has 4 unspecified atom stereocenters. The quantitative estimate of drug-likeness (QED) is 0.824. The van der Waals surface area contributed by atoms with E-state index in [9.17, 15) is 0 Å². The fourth-order valence-corrected chi connectivity index (χ4v) is 3.40. The third kappa shape index (κ3) is 3.60. The molecule has 2 rings (SSSR count). The fraction of sp³-hybridized carbons (Fsp3) is 0.667. The van der Waals surface area contributed by atoms with Crippen molar-refractivity contribution < 1.29 is 0 Å². The molecule has 0 saturated heterocycles. The van der Waals surface area contributed by atoms with Crippen LogP contribution in [0.5, 0.6) is 0 Å². The maximum atomic E-state index is 3.88. The molecule has 1 N–H and O–H groups in total. The summed E-state index contributed by atoms with van der Waals surface area (Å²) >= 11 is 0.